The highest BCUT2D eigenvalue weighted by Crippen LogP contribution is 2.38. The maximum atomic E-state index is 9.51. The molecule has 2 heterocycles. The monoisotopic (exact) mass is 395 g/mol. The molecule has 3 aromatic carbocycles. The Labute approximate surface area is 172 Å². The zero-order valence-corrected chi connectivity index (χ0v) is 16.2. The molecule has 4 nitrogen and oxygen atoms in total. The van der Waals surface area contributed by atoms with Gasteiger partial charge in [-0.2, -0.15) is 0 Å². The van der Waals surface area contributed by atoms with Crippen molar-refractivity contribution in [2.24, 2.45) is 0 Å². The van der Waals surface area contributed by atoms with Gasteiger partial charge in [-0.05, 0) is 41.0 Å². The summed E-state index contributed by atoms with van der Waals surface area (Å²) in [5.41, 5.74) is 5.48. The molecule has 140 valence electrons. The molecular formula is C24H17N3OS. The largest absolute Gasteiger partial charge is 0.508 e. The van der Waals surface area contributed by atoms with Crippen molar-refractivity contribution in [2.45, 2.75) is 0 Å². The Bertz CT molecular complexity index is 1260. The Morgan fingerprint density at radius 2 is 1.41 bits per heavy atom. The molecule has 5 rings (SSSR count). The van der Waals surface area contributed by atoms with Crippen molar-refractivity contribution in [3.05, 3.63) is 90.6 Å². The number of phenols is 1. The Morgan fingerprint density at radius 1 is 0.724 bits per heavy atom. The number of aromatic nitrogens is 2. The van der Waals surface area contributed by atoms with E-state index in [0.717, 1.165) is 32.8 Å². The Balaban J connectivity index is 1.54. The molecule has 0 spiro atoms. The number of rotatable bonds is 4. The number of nitrogens with zero attached hydrogens (tertiary/aromatic N) is 2. The van der Waals surface area contributed by atoms with E-state index in [1.54, 1.807) is 29.8 Å². The molecule has 2 aromatic heterocycles. The molecule has 0 amide bonds. The summed E-state index contributed by atoms with van der Waals surface area (Å²) in [4.78, 5) is 9.84. The summed E-state index contributed by atoms with van der Waals surface area (Å²) >= 11 is 1.61. The molecule has 0 saturated heterocycles. The van der Waals surface area contributed by atoms with Gasteiger partial charge in [-0.15, -0.1) is 11.3 Å². The van der Waals surface area contributed by atoms with E-state index in [9.17, 15) is 5.11 Å². The number of hydrogen-bond acceptors (Lipinski definition) is 5. The van der Waals surface area contributed by atoms with Crippen LogP contribution in [0.3, 0.4) is 0 Å². The van der Waals surface area contributed by atoms with Crippen LogP contribution in [0.4, 0.5) is 11.5 Å². The van der Waals surface area contributed by atoms with Crippen LogP contribution in [-0.4, -0.2) is 15.1 Å². The maximum Gasteiger partial charge on any atom is 0.143 e. The van der Waals surface area contributed by atoms with E-state index in [0.29, 0.717) is 0 Å². The quantitative estimate of drug-likeness (QED) is 0.342. The van der Waals surface area contributed by atoms with Crippen molar-refractivity contribution in [3.63, 3.8) is 0 Å². The number of anilines is 2. The predicted molar refractivity (Wildman–Crippen MR) is 120 cm³/mol. The third-order valence-electron chi connectivity index (χ3n) is 4.80. The number of aromatic hydroxyl groups is 1. The molecule has 5 aromatic rings. The number of hydrogen-bond donors (Lipinski definition) is 2. The lowest BCUT2D eigenvalue weighted by atomic mass is 10.0. The summed E-state index contributed by atoms with van der Waals surface area (Å²) in [6.07, 6.45) is 1.57. The Kier molecular flexibility index (Phi) is 4.42. The van der Waals surface area contributed by atoms with Crippen molar-refractivity contribution in [3.8, 4) is 28.0 Å². The summed E-state index contributed by atoms with van der Waals surface area (Å²) in [5.74, 6) is 0.988. The van der Waals surface area contributed by atoms with Crippen molar-refractivity contribution in [1.29, 1.82) is 0 Å². The van der Waals surface area contributed by atoms with Crippen LogP contribution in [0.15, 0.2) is 90.6 Å². The van der Waals surface area contributed by atoms with E-state index in [4.69, 9.17) is 0 Å². The van der Waals surface area contributed by atoms with Gasteiger partial charge in [0.2, 0.25) is 0 Å². The van der Waals surface area contributed by atoms with Gasteiger partial charge in [0, 0.05) is 16.6 Å². The van der Waals surface area contributed by atoms with Crippen LogP contribution >= 0.6 is 11.3 Å². The van der Waals surface area contributed by atoms with Crippen LogP contribution in [0.1, 0.15) is 0 Å². The molecule has 2 N–H and O–H groups in total. The zero-order valence-electron chi connectivity index (χ0n) is 15.4. The molecule has 0 bridgehead atoms. The molecule has 0 aliphatic carbocycles. The fourth-order valence-corrected chi connectivity index (χ4v) is 4.25. The van der Waals surface area contributed by atoms with Gasteiger partial charge in [0.1, 0.15) is 22.7 Å². The summed E-state index contributed by atoms with van der Waals surface area (Å²) in [6, 6.07) is 25.9. The van der Waals surface area contributed by atoms with Crippen LogP contribution in [0.5, 0.6) is 5.75 Å². The van der Waals surface area contributed by atoms with Gasteiger partial charge in [-0.3, -0.25) is 0 Å². The van der Waals surface area contributed by atoms with Gasteiger partial charge in [-0.1, -0.05) is 54.6 Å². The normalized spacial score (nSPS) is 10.9. The summed E-state index contributed by atoms with van der Waals surface area (Å²) < 4.78 is 0. The predicted octanol–water partition coefficient (Wildman–Crippen LogP) is 6.47. The molecule has 0 fully saturated rings. The SMILES string of the molecule is Oc1ccc(Nc2ncnc3scc(-c4ccc(-c5ccccc5)cc4)c23)cc1. The lowest BCUT2D eigenvalue weighted by Gasteiger charge is -2.09. The first-order valence-corrected chi connectivity index (χ1v) is 10.1. The molecule has 0 atom stereocenters. The first-order valence-electron chi connectivity index (χ1n) is 9.22. The van der Waals surface area contributed by atoms with E-state index in [-0.39, 0.29) is 5.75 Å². The van der Waals surface area contributed by atoms with Crippen LogP contribution in [0.2, 0.25) is 0 Å². The van der Waals surface area contributed by atoms with Crippen molar-refractivity contribution >= 4 is 33.1 Å². The van der Waals surface area contributed by atoms with E-state index in [2.05, 4.69) is 57.1 Å². The maximum absolute atomic E-state index is 9.51. The van der Waals surface area contributed by atoms with E-state index in [1.807, 2.05) is 30.3 Å². The minimum Gasteiger partial charge on any atom is -0.508 e. The highest BCUT2D eigenvalue weighted by molar-refractivity contribution is 7.17. The third kappa shape index (κ3) is 3.44. The lowest BCUT2D eigenvalue weighted by molar-refractivity contribution is 0.475. The first-order chi connectivity index (χ1) is 14.3. The zero-order chi connectivity index (χ0) is 19.6. The minimum absolute atomic E-state index is 0.234. The van der Waals surface area contributed by atoms with E-state index >= 15 is 0 Å². The van der Waals surface area contributed by atoms with Gasteiger partial charge >= 0.3 is 0 Å². The molecule has 0 saturated carbocycles. The Morgan fingerprint density at radius 3 is 2.17 bits per heavy atom. The number of nitrogens with one attached hydrogen (secondary N) is 1. The molecule has 29 heavy (non-hydrogen) atoms. The van der Waals surface area contributed by atoms with Crippen molar-refractivity contribution in [1.82, 2.24) is 9.97 Å². The minimum atomic E-state index is 0.234. The van der Waals surface area contributed by atoms with Crippen molar-refractivity contribution in [2.75, 3.05) is 5.32 Å². The second-order valence-corrected chi connectivity index (χ2v) is 7.53. The van der Waals surface area contributed by atoms with Crippen LogP contribution in [-0.2, 0) is 0 Å². The molecule has 5 heteroatoms. The fraction of sp³-hybridized carbons (Fsp3) is 0. The standard InChI is InChI=1S/C24H17N3OS/c28-20-12-10-19(11-13-20)27-23-22-21(14-29-24(22)26-15-25-23)18-8-6-17(7-9-18)16-4-2-1-3-5-16/h1-15,28H,(H,25,26,27). The van der Waals surface area contributed by atoms with Crippen molar-refractivity contribution < 1.29 is 5.11 Å². The highest BCUT2D eigenvalue weighted by atomic mass is 32.1. The van der Waals surface area contributed by atoms with Gasteiger partial charge in [0.05, 0.1) is 5.39 Å². The average Bonchev–Trinajstić information content (AvgIpc) is 3.21. The Hall–Kier alpha value is -3.70. The second-order valence-electron chi connectivity index (χ2n) is 6.67. The van der Waals surface area contributed by atoms with E-state index in [1.165, 1.54) is 11.1 Å². The smallest absolute Gasteiger partial charge is 0.143 e. The average molecular weight is 395 g/mol. The van der Waals surface area contributed by atoms with E-state index < -0.39 is 0 Å². The molecular weight excluding hydrogens is 378 g/mol. The van der Waals surface area contributed by atoms with Gasteiger partial charge in [-0.25, -0.2) is 9.97 Å². The summed E-state index contributed by atoms with van der Waals surface area (Å²) in [7, 11) is 0. The summed E-state index contributed by atoms with van der Waals surface area (Å²) in [5, 5.41) is 16.0. The van der Waals surface area contributed by atoms with Crippen LogP contribution < -0.4 is 5.32 Å². The summed E-state index contributed by atoms with van der Waals surface area (Å²) in [6.45, 7) is 0. The van der Waals surface area contributed by atoms with Gasteiger partial charge in [0.25, 0.3) is 0 Å². The molecule has 0 unspecified atom stereocenters. The number of benzene rings is 3. The molecule has 0 aliphatic heterocycles. The second kappa shape index (κ2) is 7.37. The highest BCUT2D eigenvalue weighted by Gasteiger charge is 2.13. The fourth-order valence-electron chi connectivity index (χ4n) is 3.34. The number of fused-ring (bicyclic) bond motifs is 1. The third-order valence-corrected chi connectivity index (χ3v) is 5.69. The first kappa shape index (κ1) is 17.4. The molecule has 0 aliphatic rings. The molecule has 0 radical (unpaired) electrons. The van der Waals surface area contributed by atoms with Gasteiger partial charge in [0.15, 0.2) is 0 Å². The number of phenolic OH excluding ortho intramolecular Hbond substituents is 1. The van der Waals surface area contributed by atoms with Gasteiger partial charge < -0.3 is 10.4 Å². The van der Waals surface area contributed by atoms with Crippen LogP contribution in [0, 0.1) is 0 Å². The lowest BCUT2D eigenvalue weighted by Crippen LogP contribution is -1.95. The number of thiophene rings is 1. The van der Waals surface area contributed by atoms with Crippen LogP contribution in [0.25, 0.3) is 32.5 Å². The topological polar surface area (TPSA) is 58.0 Å².